The summed E-state index contributed by atoms with van der Waals surface area (Å²) in [7, 11) is 0. The molecule has 0 unspecified atom stereocenters. The van der Waals surface area contributed by atoms with E-state index in [1.807, 2.05) is 42.5 Å². The molecule has 0 saturated heterocycles. The topological polar surface area (TPSA) is 63.7 Å². The van der Waals surface area contributed by atoms with Crippen molar-refractivity contribution in [2.24, 2.45) is 0 Å². The van der Waals surface area contributed by atoms with Gasteiger partial charge in [-0.15, -0.1) is 0 Å². The van der Waals surface area contributed by atoms with Crippen molar-refractivity contribution in [3.05, 3.63) is 83.4 Å². The maximum atomic E-state index is 12.9. The van der Waals surface area contributed by atoms with Gasteiger partial charge in [-0.25, -0.2) is 4.79 Å². The lowest BCUT2D eigenvalue weighted by Gasteiger charge is -2.26. The molecule has 0 spiro atoms. The molecule has 5 nitrogen and oxygen atoms in total. The Hall–Kier alpha value is -3.47. The summed E-state index contributed by atoms with van der Waals surface area (Å²) in [4.78, 5) is 43.1. The smallest absolute Gasteiger partial charge is 0.329 e. The van der Waals surface area contributed by atoms with Crippen molar-refractivity contribution in [2.45, 2.75) is 19.3 Å². The molecule has 3 aromatic rings. The Balaban J connectivity index is 1.67. The first-order valence-electron chi connectivity index (χ1n) is 8.60. The van der Waals surface area contributed by atoms with Gasteiger partial charge >= 0.3 is 5.97 Å². The van der Waals surface area contributed by atoms with E-state index in [9.17, 15) is 14.4 Å². The normalized spacial score (nSPS) is 13.8. The predicted molar refractivity (Wildman–Crippen MR) is 100 cm³/mol. The number of carbonyl (C=O) groups excluding carboxylic acids is 3. The molecular formula is C22H17NO4. The second-order valence-electron chi connectivity index (χ2n) is 6.98. The highest BCUT2D eigenvalue weighted by atomic mass is 16.7. The highest BCUT2D eigenvalue weighted by Gasteiger charge is 2.42. The minimum Gasteiger partial charge on any atom is -0.329 e. The molecule has 0 aliphatic carbocycles. The SMILES string of the molecule is CC(C)(C(=O)ON1C(=O)c2ccccc2C1=O)c1cccc2ccccc12. The third-order valence-electron chi connectivity index (χ3n) is 4.90. The Morgan fingerprint density at radius 3 is 2.04 bits per heavy atom. The first-order chi connectivity index (χ1) is 12.9. The van der Waals surface area contributed by atoms with Crippen LogP contribution in [-0.4, -0.2) is 22.8 Å². The molecule has 0 atom stereocenters. The number of hydrogen-bond acceptors (Lipinski definition) is 4. The molecule has 27 heavy (non-hydrogen) atoms. The van der Waals surface area contributed by atoms with Gasteiger partial charge in [-0.05, 0) is 42.3 Å². The number of carbonyl (C=O) groups is 3. The molecule has 0 fully saturated rings. The first kappa shape index (κ1) is 17.0. The lowest BCUT2D eigenvalue weighted by atomic mass is 9.82. The Labute approximate surface area is 156 Å². The molecular weight excluding hydrogens is 342 g/mol. The minimum absolute atomic E-state index is 0.235. The van der Waals surface area contributed by atoms with E-state index in [1.165, 1.54) is 0 Å². The average Bonchev–Trinajstić information content (AvgIpc) is 2.92. The van der Waals surface area contributed by atoms with Gasteiger partial charge in [-0.1, -0.05) is 59.7 Å². The Bertz CT molecular complexity index is 1060. The van der Waals surface area contributed by atoms with Crippen molar-refractivity contribution in [2.75, 3.05) is 0 Å². The summed E-state index contributed by atoms with van der Waals surface area (Å²) < 4.78 is 0. The van der Waals surface area contributed by atoms with E-state index >= 15 is 0 Å². The van der Waals surface area contributed by atoms with E-state index in [0.717, 1.165) is 16.3 Å². The molecule has 0 radical (unpaired) electrons. The summed E-state index contributed by atoms with van der Waals surface area (Å²) >= 11 is 0. The number of nitrogens with zero attached hydrogens (tertiary/aromatic N) is 1. The van der Waals surface area contributed by atoms with Gasteiger partial charge in [0, 0.05) is 0 Å². The Morgan fingerprint density at radius 1 is 0.815 bits per heavy atom. The number of fused-ring (bicyclic) bond motifs is 2. The number of hydrogen-bond donors (Lipinski definition) is 0. The van der Waals surface area contributed by atoms with Gasteiger partial charge in [-0.2, -0.15) is 0 Å². The Morgan fingerprint density at radius 2 is 1.37 bits per heavy atom. The summed E-state index contributed by atoms with van der Waals surface area (Å²) in [6.45, 7) is 3.44. The molecule has 1 aliphatic heterocycles. The van der Waals surface area contributed by atoms with Crippen LogP contribution >= 0.6 is 0 Å². The summed E-state index contributed by atoms with van der Waals surface area (Å²) in [6, 6.07) is 19.8. The molecule has 3 aromatic carbocycles. The zero-order chi connectivity index (χ0) is 19.2. The van der Waals surface area contributed by atoms with Gasteiger partial charge in [-0.3, -0.25) is 9.59 Å². The third-order valence-corrected chi connectivity index (χ3v) is 4.90. The lowest BCUT2D eigenvalue weighted by molar-refractivity contribution is -0.174. The number of rotatable bonds is 3. The number of amides is 2. The van der Waals surface area contributed by atoms with Crippen LogP contribution < -0.4 is 0 Å². The third kappa shape index (κ3) is 2.59. The largest absolute Gasteiger partial charge is 0.343 e. The summed E-state index contributed by atoms with van der Waals surface area (Å²) in [6.07, 6.45) is 0. The molecule has 1 heterocycles. The molecule has 2 amide bonds. The number of imide groups is 1. The standard InChI is InChI=1S/C22H17NO4/c1-22(2,18-13-7-9-14-8-3-4-10-15(14)18)21(26)27-23-19(24)16-11-5-6-12-17(16)20(23)25/h3-13H,1-2H3. The fourth-order valence-corrected chi connectivity index (χ4v) is 3.33. The highest BCUT2D eigenvalue weighted by Crippen LogP contribution is 2.33. The van der Waals surface area contributed by atoms with Crippen LogP contribution in [0.25, 0.3) is 10.8 Å². The zero-order valence-corrected chi connectivity index (χ0v) is 14.9. The van der Waals surface area contributed by atoms with Gasteiger partial charge in [0.1, 0.15) is 0 Å². The van der Waals surface area contributed by atoms with Gasteiger partial charge in [0.05, 0.1) is 16.5 Å². The average molecular weight is 359 g/mol. The van der Waals surface area contributed by atoms with Gasteiger partial charge < -0.3 is 4.84 Å². The molecule has 0 bridgehead atoms. The van der Waals surface area contributed by atoms with Crippen LogP contribution in [0.2, 0.25) is 0 Å². The van der Waals surface area contributed by atoms with Crippen LogP contribution in [0.1, 0.15) is 40.1 Å². The van der Waals surface area contributed by atoms with E-state index in [0.29, 0.717) is 5.06 Å². The quantitative estimate of drug-likeness (QED) is 0.666. The van der Waals surface area contributed by atoms with Crippen LogP contribution in [0.15, 0.2) is 66.7 Å². The molecule has 0 saturated carbocycles. The van der Waals surface area contributed by atoms with Crippen molar-refractivity contribution in [3.63, 3.8) is 0 Å². The van der Waals surface area contributed by atoms with Crippen LogP contribution in [0.5, 0.6) is 0 Å². The van der Waals surface area contributed by atoms with Crippen LogP contribution in [0, 0.1) is 0 Å². The number of hydroxylamine groups is 2. The Kier molecular flexibility index (Phi) is 3.81. The maximum Gasteiger partial charge on any atom is 0.343 e. The fraction of sp³-hybridized carbons (Fsp3) is 0.136. The van der Waals surface area contributed by atoms with Crippen molar-refractivity contribution in [1.82, 2.24) is 5.06 Å². The van der Waals surface area contributed by atoms with Crippen LogP contribution in [0.3, 0.4) is 0 Å². The van der Waals surface area contributed by atoms with Crippen molar-refractivity contribution in [3.8, 4) is 0 Å². The molecule has 0 N–H and O–H groups in total. The van der Waals surface area contributed by atoms with E-state index in [1.54, 1.807) is 38.1 Å². The zero-order valence-electron chi connectivity index (χ0n) is 14.9. The second-order valence-corrected chi connectivity index (χ2v) is 6.98. The van der Waals surface area contributed by atoms with Crippen molar-refractivity contribution in [1.29, 1.82) is 0 Å². The van der Waals surface area contributed by atoms with E-state index in [-0.39, 0.29) is 11.1 Å². The predicted octanol–water partition coefficient (Wildman–Crippen LogP) is 3.87. The van der Waals surface area contributed by atoms with E-state index in [4.69, 9.17) is 4.84 Å². The fourth-order valence-electron chi connectivity index (χ4n) is 3.33. The summed E-state index contributed by atoms with van der Waals surface area (Å²) in [5.74, 6) is -1.93. The second kappa shape index (κ2) is 6.06. The van der Waals surface area contributed by atoms with Gasteiger partial charge in [0.15, 0.2) is 0 Å². The molecule has 5 heteroatoms. The van der Waals surface area contributed by atoms with E-state index in [2.05, 4.69) is 0 Å². The maximum absolute atomic E-state index is 12.9. The number of benzene rings is 3. The molecule has 4 rings (SSSR count). The van der Waals surface area contributed by atoms with Crippen molar-refractivity contribution >= 4 is 28.6 Å². The highest BCUT2D eigenvalue weighted by molar-refractivity contribution is 6.21. The lowest BCUT2D eigenvalue weighted by Crippen LogP contribution is -2.40. The molecule has 1 aliphatic rings. The van der Waals surface area contributed by atoms with E-state index < -0.39 is 23.2 Å². The van der Waals surface area contributed by atoms with Gasteiger partial charge in [0.2, 0.25) is 0 Å². The van der Waals surface area contributed by atoms with Crippen molar-refractivity contribution < 1.29 is 19.2 Å². The van der Waals surface area contributed by atoms with Crippen LogP contribution in [-0.2, 0) is 15.0 Å². The van der Waals surface area contributed by atoms with Crippen LogP contribution in [0.4, 0.5) is 0 Å². The minimum atomic E-state index is -1.06. The molecule has 0 aromatic heterocycles. The molecule has 134 valence electrons. The summed E-state index contributed by atoms with van der Waals surface area (Å²) in [5, 5.41) is 2.47. The monoisotopic (exact) mass is 359 g/mol. The first-order valence-corrected chi connectivity index (χ1v) is 8.60. The van der Waals surface area contributed by atoms with Gasteiger partial charge in [0.25, 0.3) is 11.8 Å². The summed E-state index contributed by atoms with van der Waals surface area (Å²) in [5.41, 5.74) is 0.176.